The van der Waals surface area contributed by atoms with Crippen molar-refractivity contribution in [1.82, 2.24) is 14.9 Å². The van der Waals surface area contributed by atoms with E-state index in [0.29, 0.717) is 43.9 Å². The summed E-state index contributed by atoms with van der Waals surface area (Å²) in [4.78, 5) is 72.7. The van der Waals surface area contributed by atoms with E-state index >= 15 is 4.79 Å². The largest absolute Gasteiger partial charge is 0.508 e. The van der Waals surface area contributed by atoms with Crippen molar-refractivity contribution in [3.8, 4) is 5.75 Å². The first-order chi connectivity index (χ1) is 23.2. The zero-order valence-corrected chi connectivity index (χ0v) is 26.5. The molecule has 0 radical (unpaired) electrons. The molecule has 2 saturated heterocycles. The van der Waals surface area contributed by atoms with Gasteiger partial charge in [-0.15, -0.1) is 0 Å². The minimum absolute atomic E-state index is 0.0245. The molecular formula is C33H24Cl2F3N5O6. The standard InChI is InChI=1S/C33H24Cl2F3N5O6/c34-17-6-4-15(5-7-17)32-22(28(46)43(30(32)48)41-26-23(35)11-16(13-40-26)33(36,37)38)12-21-19(25(32)14-2-1-3-18(44)10-14)8-9-20-24(21)29(47)42(27(20)45)31(39)49/h1-8,10-11,13,20-22,24-25,44H,9,12H2,(H2,39,49)(H,40,41). The van der Waals surface area contributed by atoms with Crippen molar-refractivity contribution in [3.05, 3.63) is 99.2 Å². The predicted molar refractivity (Wildman–Crippen MR) is 166 cm³/mol. The summed E-state index contributed by atoms with van der Waals surface area (Å²) < 4.78 is 40.0. The fraction of sp³-hybridized carbons (Fsp3) is 0.273. The summed E-state index contributed by atoms with van der Waals surface area (Å²) in [6, 6.07) is 11.6. The van der Waals surface area contributed by atoms with Crippen molar-refractivity contribution in [2.45, 2.75) is 30.4 Å². The first-order valence-corrected chi connectivity index (χ1v) is 15.7. The van der Waals surface area contributed by atoms with Gasteiger partial charge in [-0.3, -0.25) is 24.6 Å². The number of nitrogens with two attached hydrogens (primary N) is 1. The number of halogens is 5. The number of hydrazine groups is 1. The number of nitrogens with one attached hydrogen (secondary N) is 1. The van der Waals surface area contributed by atoms with Gasteiger partial charge >= 0.3 is 12.2 Å². The second kappa shape index (κ2) is 11.3. The molecule has 252 valence electrons. The molecule has 3 heterocycles. The Hall–Kier alpha value is -4.95. The molecule has 0 bridgehead atoms. The number of allylic oxidation sites excluding steroid dienone is 2. The third-order valence-electron chi connectivity index (χ3n) is 9.98. The third kappa shape index (κ3) is 4.79. The number of hydrogen-bond donors (Lipinski definition) is 3. The normalized spacial score (nSPS) is 27.9. The van der Waals surface area contributed by atoms with E-state index in [2.05, 4.69) is 10.4 Å². The van der Waals surface area contributed by atoms with Gasteiger partial charge in [-0.2, -0.15) is 23.1 Å². The molecule has 2 aliphatic heterocycles. The number of phenolic OH excluding ortho intramolecular Hbond substituents is 1. The van der Waals surface area contributed by atoms with E-state index in [-0.39, 0.29) is 18.6 Å². The quantitative estimate of drug-likeness (QED) is 0.246. The number of aromatic nitrogens is 1. The van der Waals surface area contributed by atoms with Crippen molar-refractivity contribution in [1.29, 1.82) is 0 Å². The summed E-state index contributed by atoms with van der Waals surface area (Å²) >= 11 is 12.4. The molecule has 6 unspecified atom stereocenters. The number of rotatable bonds is 4. The highest BCUT2D eigenvalue weighted by Crippen LogP contribution is 2.64. The van der Waals surface area contributed by atoms with Gasteiger partial charge < -0.3 is 10.8 Å². The maximum atomic E-state index is 15.0. The van der Waals surface area contributed by atoms with Crippen molar-refractivity contribution in [2.24, 2.45) is 29.4 Å². The van der Waals surface area contributed by atoms with Crippen molar-refractivity contribution in [3.63, 3.8) is 0 Å². The van der Waals surface area contributed by atoms with E-state index in [4.69, 9.17) is 28.9 Å². The van der Waals surface area contributed by atoms with Gasteiger partial charge in [0.05, 0.1) is 33.8 Å². The summed E-state index contributed by atoms with van der Waals surface area (Å²) in [6.45, 7) is 0. The second-order valence-electron chi connectivity index (χ2n) is 12.4. The molecule has 4 N–H and O–H groups in total. The van der Waals surface area contributed by atoms with Gasteiger partial charge in [-0.05, 0) is 60.2 Å². The first kappa shape index (κ1) is 32.6. The highest BCUT2D eigenvalue weighted by atomic mass is 35.5. The summed E-state index contributed by atoms with van der Waals surface area (Å²) in [5.41, 5.74) is 6.29. The average molecular weight is 714 g/mol. The number of carbonyl (C=O) groups is 5. The highest BCUT2D eigenvalue weighted by molar-refractivity contribution is 6.33. The molecule has 6 atom stereocenters. The number of nitrogens with zero attached hydrogens (tertiary/aromatic N) is 3. The molecular weight excluding hydrogens is 690 g/mol. The second-order valence-corrected chi connectivity index (χ2v) is 13.2. The molecule has 11 nitrogen and oxygen atoms in total. The SMILES string of the molecule is NC(=O)N1C(=O)C2CC=C3C(CC4C(=O)N(Nc5ncc(C(F)(F)F)cc5Cl)C(=O)C4(c4ccc(Cl)cc4)C3c3cccc(O)c3)C2C1=O. The van der Waals surface area contributed by atoms with Crippen LogP contribution < -0.4 is 11.2 Å². The van der Waals surface area contributed by atoms with Gasteiger partial charge in [0.25, 0.3) is 11.8 Å². The van der Waals surface area contributed by atoms with E-state index in [1.807, 2.05) is 0 Å². The predicted octanol–water partition coefficient (Wildman–Crippen LogP) is 5.18. The summed E-state index contributed by atoms with van der Waals surface area (Å²) in [5, 5.41) is 11.1. The lowest BCUT2D eigenvalue weighted by molar-refractivity contribution is -0.140. The number of imide groups is 4. The molecule has 3 aromatic rings. The number of anilines is 1. The number of amides is 6. The highest BCUT2D eigenvalue weighted by Gasteiger charge is 2.70. The fourth-order valence-corrected chi connectivity index (χ4v) is 8.41. The Kier molecular flexibility index (Phi) is 7.52. The van der Waals surface area contributed by atoms with E-state index in [0.717, 1.165) is 0 Å². The molecule has 0 spiro atoms. The lowest BCUT2D eigenvalue weighted by Gasteiger charge is -2.50. The molecule has 49 heavy (non-hydrogen) atoms. The number of aromatic hydroxyl groups is 1. The van der Waals surface area contributed by atoms with Crippen LogP contribution >= 0.6 is 23.2 Å². The first-order valence-electron chi connectivity index (χ1n) is 15.0. The number of fused-ring (bicyclic) bond motifs is 4. The number of benzene rings is 2. The third-order valence-corrected chi connectivity index (χ3v) is 10.5. The maximum Gasteiger partial charge on any atom is 0.417 e. The van der Waals surface area contributed by atoms with E-state index in [1.165, 1.54) is 24.3 Å². The Balaban J connectivity index is 1.43. The molecule has 2 aromatic carbocycles. The number of likely N-dealkylation sites (tertiary alicyclic amines) is 1. The van der Waals surface area contributed by atoms with Crippen LogP contribution in [0.25, 0.3) is 0 Å². The Morgan fingerprint density at radius 3 is 2.35 bits per heavy atom. The maximum absolute atomic E-state index is 15.0. The lowest BCUT2D eigenvalue weighted by Crippen LogP contribution is -2.53. The molecule has 6 amide bonds. The minimum Gasteiger partial charge on any atom is -0.508 e. The minimum atomic E-state index is -4.76. The average Bonchev–Trinajstić information content (AvgIpc) is 3.42. The smallest absolute Gasteiger partial charge is 0.417 e. The number of phenols is 1. The number of alkyl halides is 3. The van der Waals surface area contributed by atoms with E-state index in [1.54, 1.807) is 30.3 Å². The van der Waals surface area contributed by atoms with Crippen LogP contribution in [0.3, 0.4) is 0 Å². The number of carbonyl (C=O) groups excluding carboxylic acids is 5. The molecule has 2 aliphatic carbocycles. The Morgan fingerprint density at radius 2 is 1.71 bits per heavy atom. The van der Waals surface area contributed by atoms with Gasteiger partial charge in [0.1, 0.15) is 5.75 Å². The lowest BCUT2D eigenvalue weighted by atomic mass is 9.49. The molecule has 1 aromatic heterocycles. The number of pyridine rings is 1. The van der Waals surface area contributed by atoms with Gasteiger partial charge in [0.15, 0.2) is 5.82 Å². The number of urea groups is 1. The van der Waals surface area contributed by atoms with Gasteiger partial charge in [-0.25, -0.2) is 9.78 Å². The summed E-state index contributed by atoms with van der Waals surface area (Å²) in [7, 11) is 0. The van der Waals surface area contributed by atoms with Crippen LogP contribution in [-0.4, -0.2) is 49.7 Å². The molecule has 3 fully saturated rings. The van der Waals surface area contributed by atoms with E-state index < -0.39 is 87.2 Å². The topological polar surface area (TPSA) is 163 Å². The molecule has 16 heteroatoms. The van der Waals surface area contributed by atoms with Gasteiger partial charge in [0, 0.05) is 17.1 Å². The van der Waals surface area contributed by atoms with Gasteiger partial charge in [0.2, 0.25) is 11.8 Å². The number of primary amides is 1. The molecule has 1 saturated carbocycles. The van der Waals surface area contributed by atoms with Crippen LogP contribution in [0, 0.1) is 23.7 Å². The molecule has 4 aliphatic rings. The van der Waals surface area contributed by atoms with E-state index in [9.17, 15) is 37.5 Å². The summed E-state index contributed by atoms with van der Waals surface area (Å²) in [5.74, 6) is -8.91. The Labute approximate surface area is 285 Å². The van der Waals surface area contributed by atoms with Crippen molar-refractivity contribution in [2.75, 3.05) is 5.43 Å². The van der Waals surface area contributed by atoms with Crippen molar-refractivity contribution >= 4 is 58.7 Å². The van der Waals surface area contributed by atoms with Crippen LogP contribution in [-0.2, 0) is 30.8 Å². The van der Waals surface area contributed by atoms with Crippen LogP contribution in [0.1, 0.15) is 35.4 Å². The summed E-state index contributed by atoms with van der Waals surface area (Å²) in [6.07, 6.45) is -2.65. The van der Waals surface area contributed by atoms with Crippen LogP contribution in [0.15, 0.2) is 72.4 Å². The monoisotopic (exact) mass is 713 g/mol. The van der Waals surface area contributed by atoms with Crippen LogP contribution in [0.4, 0.5) is 23.8 Å². The fourth-order valence-electron chi connectivity index (χ4n) is 8.08. The van der Waals surface area contributed by atoms with Gasteiger partial charge in [-0.1, -0.05) is 59.1 Å². The van der Waals surface area contributed by atoms with Crippen molar-refractivity contribution < 1.29 is 42.3 Å². The number of hydrogen-bond acceptors (Lipinski definition) is 8. The van der Waals surface area contributed by atoms with Crippen LogP contribution in [0.2, 0.25) is 10.0 Å². The zero-order chi connectivity index (χ0) is 35.2. The molecule has 7 rings (SSSR count). The Morgan fingerprint density at radius 1 is 1.00 bits per heavy atom. The zero-order valence-electron chi connectivity index (χ0n) is 24.9. The Bertz CT molecular complexity index is 2010. The van der Waals surface area contributed by atoms with Crippen LogP contribution in [0.5, 0.6) is 5.75 Å².